The van der Waals surface area contributed by atoms with Gasteiger partial charge >= 0.3 is 5.97 Å². The van der Waals surface area contributed by atoms with Crippen LogP contribution in [0.1, 0.15) is 16.8 Å². The Morgan fingerprint density at radius 1 is 1.42 bits per heavy atom. The number of carbonyl (C=O) groups excluding carboxylic acids is 1. The molecule has 0 heterocycles. The third-order valence-electron chi connectivity index (χ3n) is 2.39. The van der Waals surface area contributed by atoms with E-state index >= 15 is 0 Å². The highest BCUT2D eigenvalue weighted by Crippen LogP contribution is 2.10. The van der Waals surface area contributed by atoms with E-state index in [0.29, 0.717) is 11.8 Å². The number of benzene rings is 1. The lowest BCUT2D eigenvalue weighted by Crippen LogP contribution is -2.41. The fraction of sp³-hybridized carbons (Fsp3) is 0.333. The van der Waals surface area contributed by atoms with Crippen molar-refractivity contribution in [1.29, 1.82) is 0 Å². The first-order valence-corrected chi connectivity index (χ1v) is 6.82. The second-order valence-electron chi connectivity index (χ2n) is 3.77. The SMILES string of the molecule is CSCC[C@@H](NC(=O)c1ccc(F)cc1F)C(=O)O. The topological polar surface area (TPSA) is 66.4 Å². The average molecular weight is 289 g/mol. The normalized spacial score (nSPS) is 11.9. The molecule has 4 nitrogen and oxygen atoms in total. The van der Waals surface area contributed by atoms with Crippen LogP contribution in [0.3, 0.4) is 0 Å². The summed E-state index contributed by atoms with van der Waals surface area (Å²) in [6.07, 6.45) is 2.03. The maximum absolute atomic E-state index is 13.4. The van der Waals surface area contributed by atoms with Gasteiger partial charge in [-0.25, -0.2) is 13.6 Å². The van der Waals surface area contributed by atoms with Crippen LogP contribution in [0.5, 0.6) is 0 Å². The Kier molecular flexibility index (Phi) is 5.75. The second kappa shape index (κ2) is 7.08. The quantitative estimate of drug-likeness (QED) is 0.839. The summed E-state index contributed by atoms with van der Waals surface area (Å²) in [7, 11) is 0. The smallest absolute Gasteiger partial charge is 0.326 e. The summed E-state index contributed by atoms with van der Waals surface area (Å²) < 4.78 is 26.1. The Labute approximate surface area is 113 Å². The van der Waals surface area contributed by atoms with E-state index in [2.05, 4.69) is 5.32 Å². The Morgan fingerprint density at radius 3 is 2.63 bits per heavy atom. The number of carbonyl (C=O) groups is 2. The number of carboxylic acids is 1. The minimum Gasteiger partial charge on any atom is -0.480 e. The standard InChI is InChI=1S/C12H13F2NO3S/c1-19-5-4-10(12(17)18)15-11(16)8-3-2-7(13)6-9(8)14/h2-3,6,10H,4-5H2,1H3,(H,15,16)(H,17,18)/t10-/m1/s1. The number of nitrogens with one attached hydrogen (secondary N) is 1. The summed E-state index contributed by atoms with van der Waals surface area (Å²) in [6, 6.07) is 1.40. The van der Waals surface area contributed by atoms with Gasteiger partial charge in [0.2, 0.25) is 0 Å². The van der Waals surface area contributed by atoms with Crippen LogP contribution in [0.4, 0.5) is 8.78 Å². The summed E-state index contributed by atoms with van der Waals surface area (Å²) in [5.41, 5.74) is -0.378. The van der Waals surface area contributed by atoms with E-state index < -0.39 is 29.6 Å². The second-order valence-corrected chi connectivity index (χ2v) is 4.76. The molecule has 104 valence electrons. The predicted molar refractivity (Wildman–Crippen MR) is 68.2 cm³/mol. The highest BCUT2D eigenvalue weighted by Gasteiger charge is 2.21. The Bertz CT molecular complexity index is 482. The van der Waals surface area contributed by atoms with Crippen LogP contribution in [0, 0.1) is 11.6 Å². The van der Waals surface area contributed by atoms with Gasteiger partial charge in [0.15, 0.2) is 0 Å². The monoisotopic (exact) mass is 289 g/mol. The van der Waals surface area contributed by atoms with Gasteiger partial charge in [0, 0.05) is 6.07 Å². The fourth-order valence-corrected chi connectivity index (χ4v) is 1.87. The number of thioether (sulfide) groups is 1. The van der Waals surface area contributed by atoms with Crippen molar-refractivity contribution in [1.82, 2.24) is 5.32 Å². The van der Waals surface area contributed by atoms with E-state index in [1.165, 1.54) is 11.8 Å². The number of amides is 1. The molecule has 0 unspecified atom stereocenters. The van der Waals surface area contributed by atoms with Crippen molar-refractivity contribution in [3.05, 3.63) is 35.4 Å². The number of hydrogen-bond acceptors (Lipinski definition) is 3. The van der Waals surface area contributed by atoms with Crippen molar-refractivity contribution in [2.75, 3.05) is 12.0 Å². The Balaban J connectivity index is 2.78. The maximum Gasteiger partial charge on any atom is 0.326 e. The van der Waals surface area contributed by atoms with E-state index in [0.717, 1.165) is 12.1 Å². The van der Waals surface area contributed by atoms with Crippen molar-refractivity contribution in [2.24, 2.45) is 0 Å². The average Bonchev–Trinajstić information content (AvgIpc) is 2.33. The molecule has 0 aromatic heterocycles. The fourth-order valence-electron chi connectivity index (χ4n) is 1.40. The predicted octanol–water partition coefficient (Wildman–Crippen LogP) is 1.90. The lowest BCUT2D eigenvalue weighted by molar-refractivity contribution is -0.139. The van der Waals surface area contributed by atoms with Crippen molar-refractivity contribution in [3.8, 4) is 0 Å². The molecule has 0 spiro atoms. The molecule has 7 heteroatoms. The van der Waals surface area contributed by atoms with E-state index in [1.54, 1.807) is 6.26 Å². The van der Waals surface area contributed by atoms with Gasteiger partial charge in [-0.15, -0.1) is 0 Å². The maximum atomic E-state index is 13.4. The Morgan fingerprint density at radius 2 is 2.11 bits per heavy atom. The summed E-state index contributed by atoms with van der Waals surface area (Å²) in [5, 5.41) is 11.1. The van der Waals surface area contributed by atoms with E-state index in [4.69, 9.17) is 5.11 Å². The molecule has 1 aromatic carbocycles. The van der Waals surface area contributed by atoms with Gasteiger partial charge in [-0.3, -0.25) is 4.79 Å². The summed E-state index contributed by atoms with van der Waals surface area (Å²) in [4.78, 5) is 22.6. The number of carboxylic acid groups (broad SMARTS) is 1. The number of rotatable bonds is 6. The van der Waals surface area contributed by atoms with Gasteiger partial charge in [0.1, 0.15) is 17.7 Å². The van der Waals surface area contributed by atoms with Gasteiger partial charge in [0.05, 0.1) is 5.56 Å². The number of aliphatic carboxylic acids is 1. The lowest BCUT2D eigenvalue weighted by Gasteiger charge is -2.14. The van der Waals surface area contributed by atoms with Gasteiger partial charge in [-0.2, -0.15) is 11.8 Å². The molecule has 0 aliphatic heterocycles. The molecule has 2 N–H and O–H groups in total. The third kappa shape index (κ3) is 4.51. The van der Waals surface area contributed by atoms with Crippen molar-refractivity contribution in [2.45, 2.75) is 12.5 Å². The van der Waals surface area contributed by atoms with Crippen LogP contribution in [0.15, 0.2) is 18.2 Å². The third-order valence-corrected chi connectivity index (χ3v) is 3.03. The molecule has 0 radical (unpaired) electrons. The largest absolute Gasteiger partial charge is 0.480 e. The van der Waals surface area contributed by atoms with Crippen LogP contribution in [-0.2, 0) is 4.79 Å². The lowest BCUT2D eigenvalue weighted by atomic mass is 10.1. The van der Waals surface area contributed by atoms with Gasteiger partial charge in [-0.1, -0.05) is 0 Å². The highest BCUT2D eigenvalue weighted by atomic mass is 32.2. The molecular weight excluding hydrogens is 276 g/mol. The molecule has 19 heavy (non-hydrogen) atoms. The molecule has 0 aliphatic carbocycles. The minimum atomic E-state index is -1.19. The van der Waals surface area contributed by atoms with Crippen molar-refractivity contribution < 1.29 is 23.5 Å². The molecule has 0 saturated heterocycles. The molecule has 0 saturated carbocycles. The summed E-state index contributed by atoms with van der Waals surface area (Å²) in [6.45, 7) is 0. The number of halogens is 2. The summed E-state index contributed by atoms with van der Waals surface area (Å²) >= 11 is 1.44. The molecule has 0 fully saturated rings. The molecule has 1 atom stereocenters. The molecule has 0 bridgehead atoms. The molecule has 1 amide bonds. The molecule has 1 rings (SSSR count). The number of hydrogen-bond donors (Lipinski definition) is 2. The zero-order valence-electron chi connectivity index (χ0n) is 10.2. The van der Waals surface area contributed by atoms with E-state index in [1.807, 2.05) is 0 Å². The highest BCUT2D eigenvalue weighted by molar-refractivity contribution is 7.98. The van der Waals surface area contributed by atoms with Gasteiger partial charge in [0.25, 0.3) is 5.91 Å². The summed E-state index contributed by atoms with van der Waals surface area (Å²) in [5.74, 6) is -3.34. The molecular formula is C12H13F2NO3S. The van der Waals surface area contributed by atoms with Crippen molar-refractivity contribution >= 4 is 23.6 Å². The van der Waals surface area contributed by atoms with Crippen LogP contribution >= 0.6 is 11.8 Å². The first-order valence-electron chi connectivity index (χ1n) is 5.43. The van der Waals surface area contributed by atoms with Gasteiger partial charge < -0.3 is 10.4 Å². The first-order chi connectivity index (χ1) is 8.95. The van der Waals surface area contributed by atoms with Crippen LogP contribution in [-0.4, -0.2) is 35.0 Å². The van der Waals surface area contributed by atoms with Gasteiger partial charge in [-0.05, 0) is 30.6 Å². The molecule has 1 aromatic rings. The van der Waals surface area contributed by atoms with Crippen LogP contribution in [0.2, 0.25) is 0 Å². The first kappa shape index (κ1) is 15.4. The van der Waals surface area contributed by atoms with Crippen LogP contribution < -0.4 is 5.32 Å². The molecule has 0 aliphatic rings. The van der Waals surface area contributed by atoms with E-state index in [9.17, 15) is 18.4 Å². The Hall–Kier alpha value is -1.63. The van der Waals surface area contributed by atoms with Crippen molar-refractivity contribution in [3.63, 3.8) is 0 Å². The van der Waals surface area contributed by atoms with E-state index in [-0.39, 0.29) is 12.0 Å². The zero-order valence-corrected chi connectivity index (χ0v) is 11.0. The van der Waals surface area contributed by atoms with Crippen LogP contribution in [0.25, 0.3) is 0 Å². The zero-order chi connectivity index (χ0) is 14.4. The minimum absolute atomic E-state index is 0.227.